The summed E-state index contributed by atoms with van der Waals surface area (Å²) < 4.78 is 0. The zero-order chi connectivity index (χ0) is 14.4. The number of likely N-dealkylation sites (tertiary alicyclic amines) is 1. The molecule has 4 rings (SSSR count). The minimum Gasteiger partial charge on any atom is -0.299 e. The highest BCUT2D eigenvalue weighted by Crippen LogP contribution is 2.29. The fourth-order valence-corrected chi connectivity index (χ4v) is 4.74. The standard InChI is InChI=1S/C15H19ClN4S/c1-19-10-2-3-11(19)8-20(6-4-10)9-13-17-14(16)12-5-7-21-15(12)18-13/h5,7,10-11H,2-4,6,8-9H2,1H3. The molecule has 0 aliphatic carbocycles. The lowest BCUT2D eigenvalue weighted by Gasteiger charge is -2.25. The molecule has 21 heavy (non-hydrogen) atoms. The minimum absolute atomic E-state index is 0.588. The summed E-state index contributed by atoms with van der Waals surface area (Å²) in [5, 5.41) is 3.58. The van der Waals surface area contributed by atoms with E-state index >= 15 is 0 Å². The van der Waals surface area contributed by atoms with Gasteiger partial charge in [0.05, 0.1) is 6.54 Å². The molecule has 0 saturated carbocycles. The predicted octanol–water partition coefficient (Wildman–Crippen LogP) is 3.01. The number of likely N-dealkylation sites (N-methyl/N-ethyl adjacent to an activating group) is 1. The second kappa shape index (κ2) is 5.47. The van der Waals surface area contributed by atoms with Gasteiger partial charge in [0.2, 0.25) is 0 Å². The van der Waals surface area contributed by atoms with Crippen molar-refractivity contribution >= 4 is 33.2 Å². The lowest BCUT2D eigenvalue weighted by Crippen LogP contribution is -2.36. The van der Waals surface area contributed by atoms with Crippen molar-refractivity contribution in [3.8, 4) is 0 Å². The Morgan fingerprint density at radius 3 is 3.05 bits per heavy atom. The molecule has 2 bridgehead atoms. The van der Waals surface area contributed by atoms with E-state index < -0.39 is 0 Å². The Balaban J connectivity index is 1.54. The number of rotatable bonds is 2. The molecule has 2 aliphatic rings. The molecule has 2 aliphatic heterocycles. The second-order valence-corrected chi connectivity index (χ2v) is 7.40. The highest BCUT2D eigenvalue weighted by molar-refractivity contribution is 7.16. The first-order chi connectivity index (χ1) is 10.2. The Hall–Kier alpha value is -0.750. The smallest absolute Gasteiger partial charge is 0.145 e. The molecule has 0 aromatic carbocycles. The monoisotopic (exact) mass is 322 g/mol. The average Bonchev–Trinajstić information content (AvgIpc) is 2.99. The van der Waals surface area contributed by atoms with E-state index in [2.05, 4.69) is 26.8 Å². The Bertz CT molecular complexity index is 658. The van der Waals surface area contributed by atoms with Crippen LogP contribution in [0.2, 0.25) is 5.15 Å². The van der Waals surface area contributed by atoms with E-state index in [1.165, 1.54) is 19.3 Å². The topological polar surface area (TPSA) is 32.3 Å². The number of halogens is 1. The first-order valence-electron chi connectivity index (χ1n) is 7.54. The lowest BCUT2D eigenvalue weighted by atomic mass is 10.1. The van der Waals surface area contributed by atoms with Crippen molar-refractivity contribution < 1.29 is 0 Å². The molecule has 2 saturated heterocycles. The Labute approximate surface area is 133 Å². The van der Waals surface area contributed by atoms with Crippen LogP contribution in [0.5, 0.6) is 0 Å². The fourth-order valence-electron chi connectivity index (χ4n) is 3.65. The molecular formula is C15H19ClN4S. The lowest BCUT2D eigenvalue weighted by molar-refractivity contribution is 0.212. The Morgan fingerprint density at radius 1 is 1.29 bits per heavy atom. The third-order valence-electron chi connectivity index (χ3n) is 4.92. The summed E-state index contributed by atoms with van der Waals surface area (Å²) in [4.78, 5) is 15.2. The van der Waals surface area contributed by atoms with E-state index in [0.717, 1.165) is 41.7 Å². The van der Waals surface area contributed by atoms with Crippen LogP contribution in [0.3, 0.4) is 0 Å². The molecule has 0 spiro atoms. The molecule has 2 aromatic heterocycles. The minimum atomic E-state index is 0.588. The van der Waals surface area contributed by atoms with E-state index in [0.29, 0.717) is 11.2 Å². The largest absolute Gasteiger partial charge is 0.299 e. The molecule has 4 nitrogen and oxygen atoms in total. The second-order valence-electron chi connectivity index (χ2n) is 6.14. The quantitative estimate of drug-likeness (QED) is 0.796. The molecule has 2 aromatic rings. The number of hydrogen-bond acceptors (Lipinski definition) is 5. The molecule has 2 unspecified atom stereocenters. The van der Waals surface area contributed by atoms with Crippen LogP contribution in [0, 0.1) is 0 Å². The van der Waals surface area contributed by atoms with Crippen LogP contribution in [-0.4, -0.2) is 52.0 Å². The van der Waals surface area contributed by atoms with Gasteiger partial charge in [0, 0.05) is 30.6 Å². The molecule has 0 radical (unpaired) electrons. The molecule has 0 amide bonds. The third-order valence-corrected chi connectivity index (χ3v) is 6.02. The number of hydrogen-bond donors (Lipinski definition) is 0. The van der Waals surface area contributed by atoms with Crippen LogP contribution in [0.4, 0.5) is 0 Å². The van der Waals surface area contributed by atoms with Crippen LogP contribution in [0.25, 0.3) is 10.2 Å². The maximum atomic E-state index is 6.27. The van der Waals surface area contributed by atoms with Crippen LogP contribution >= 0.6 is 22.9 Å². The highest BCUT2D eigenvalue weighted by atomic mass is 35.5. The van der Waals surface area contributed by atoms with Crippen molar-refractivity contribution in [2.24, 2.45) is 0 Å². The highest BCUT2D eigenvalue weighted by Gasteiger charge is 2.34. The van der Waals surface area contributed by atoms with Crippen LogP contribution in [-0.2, 0) is 6.54 Å². The Morgan fingerprint density at radius 2 is 2.14 bits per heavy atom. The summed E-state index contributed by atoms with van der Waals surface area (Å²) in [6, 6.07) is 3.45. The van der Waals surface area contributed by atoms with E-state index in [4.69, 9.17) is 11.6 Å². The van der Waals surface area contributed by atoms with Gasteiger partial charge in [-0.15, -0.1) is 11.3 Å². The normalized spacial score (nSPS) is 27.3. The number of fused-ring (bicyclic) bond motifs is 3. The van der Waals surface area contributed by atoms with Crippen LogP contribution in [0.15, 0.2) is 11.4 Å². The van der Waals surface area contributed by atoms with E-state index in [-0.39, 0.29) is 0 Å². The van der Waals surface area contributed by atoms with Gasteiger partial charge in [0.1, 0.15) is 15.8 Å². The molecule has 6 heteroatoms. The number of thiophene rings is 1. The van der Waals surface area contributed by atoms with Crippen molar-refractivity contribution in [1.82, 2.24) is 19.8 Å². The maximum Gasteiger partial charge on any atom is 0.145 e. The maximum absolute atomic E-state index is 6.27. The van der Waals surface area contributed by atoms with Crippen molar-refractivity contribution in [2.45, 2.75) is 37.9 Å². The van der Waals surface area contributed by atoms with Crippen molar-refractivity contribution in [3.63, 3.8) is 0 Å². The van der Waals surface area contributed by atoms with Gasteiger partial charge in [-0.1, -0.05) is 11.6 Å². The summed E-state index contributed by atoms with van der Waals surface area (Å²) in [6.45, 7) is 3.07. The summed E-state index contributed by atoms with van der Waals surface area (Å²) in [5.74, 6) is 0.857. The summed E-state index contributed by atoms with van der Waals surface area (Å²) in [7, 11) is 2.27. The van der Waals surface area contributed by atoms with Gasteiger partial charge >= 0.3 is 0 Å². The van der Waals surface area contributed by atoms with Crippen molar-refractivity contribution in [3.05, 3.63) is 22.4 Å². The molecule has 0 N–H and O–H groups in total. The first-order valence-corrected chi connectivity index (χ1v) is 8.80. The number of nitrogens with zero attached hydrogens (tertiary/aromatic N) is 4. The Kier molecular flexibility index (Phi) is 3.61. The molecule has 112 valence electrons. The molecule has 4 heterocycles. The van der Waals surface area contributed by atoms with Crippen LogP contribution in [0.1, 0.15) is 25.1 Å². The van der Waals surface area contributed by atoms with Gasteiger partial charge in [-0.25, -0.2) is 9.97 Å². The van der Waals surface area contributed by atoms with Gasteiger partial charge in [-0.2, -0.15) is 0 Å². The van der Waals surface area contributed by atoms with E-state index in [1.54, 1.807) is 11.3 Å². The van der Waals surface area contributed by atoms with Gasteiger partial charge in [0.25, 0.3) is 0 Å². The number of aromatic nitrogens is 2. The zero-order valence-electron chi connectivity index (χ0n) is 12.1. The van der Waals surface area contributed by atoms with Gasteiger partial charge in [0.15, 0.2) is 0 Å². The van der Waals surface area contributed by atoms with E-state index in [9.17, 15) is 0 Å². The fraction of sp³-hybridized carbons (Fsp3) is 0.600. The van der Waals surface area contributed by atoms with Crippen molar-refractivity contribution in [1.29, 1.82) is 0 Å². The van der Waals surface area contributed by atoms with E-state index in [1.807, 2.05) is 11.4 Å². The molecule has 2 fully saturated rings. The summed E-state index contributed by atoms with van der Waals surface area (Å²) in [5.41, 5.74) is 0. The third kappa shape index (κ3) is 2.57. The van der Waals surface area contributed by atoms with Crippen molar-refractivity contribution in [2.75, 3.05) is 20.1 Å². The van der Waals surface area contributed by atoms with Gasteiger partial charge < -0.3 is 0 Å². The van der Waals surface area contributed by atoms with Gasteiger partial charge in [-0.3, -0.25) is 9.80 Å². The average molecular weight is 323 g/mol. The first kappa shape index (κ1) is 13.9. The van der Waals surface area contributed by atoms with Gasteiger partial charge in [-0.05, 0) is 37.8 Å². The van der Waals surface area contributed by atoms with Crippen LogP contribution < -0.4 is 0 Å². The molecule has 2 atom stereocenters. The summed E-state index contributed by atoms with van der Waals surface area (Å²) >= 11 is 7.90. The zero-order valence-corrected chi connectivity index (χ0v) is 13.7. The molecular weight excluding hydrogens is 304 g/mol. The SMILES string of the molecule is CN1C2CCC1CN(Cc1nc(Cl)c3ccsc3n1)CC2. The predicted molar refractivity (Wildman–Crippen MR) is 86.9 cm³/mol. The summed E-state index contributed by atoms with van der Waals surface area (Å²) in [6.07, 6.45) is 3.93.